The van der Waals surface area contributed by atoms with Gasteiger partial charge in [0, 0.05) is 33.8 Å². The van der Waals surface area contributed by atoms with Crippen LogP contribution in [0, 0.1) is 0 Å². The second-order valence-corrected chi connectivity index (χ2v) is 6.74. The third-order valence-corrected chi connectivity index (χ3v) is 4.25. The summed E-state index contributed by atoms with van der Waals surface area (Å²) in [5, 5.41) is 2.86. The molecule has 1 aromatic carbocycles. The van der Waals surface area contributed by atoms with E-state index >= 15 is 0 Å². The molecule has 0 bridgehead atoms. The lowest BCUT2D eigenvalue weighted by molar-refractivity contribution is 0.0950. The van der Waals surface area contributed by atoms with Crippen LogP contribution >= 0.6 is 11.3 Å². The molecular formula is C16H19N7OS. The topological polar surface area (TPSA) is 87.1 Å². The molecule has 0 unspecified atom stereocenters. The van der Waals surface area contributed by atoms with Gasteiger partial charge in [-0.1, -0.05) is 0 Å². The van der Waals surface area contributed by atoms with Gasteiger partial charge in [0.05, 0.1) is 22.3 Å². The van der Waals surface area contributed by atoms with E-state index in [2.05, 4.69) is 25.3 Å². The summed E-state index contributed by atoms with van der Waals surface area (Å²) in [4.78, 5) is 33.3. The largest absolute Gasteiger partial charge is 0.347 e. The number of rotatable bonds is 5. The van der Waals surface area contributed by atoms with Crippen LogP contribution in [0.25, 0.3) is 10.2 Å². The van der Waals surface area contributed by atoms with E-state index in [1.54, 1.807) is 21.4 Å². The van der Waals surface area contributed by atoms with E-state index in [9.17, 15) is 4.79 Å². The molecule has 3 aromatic rings. The van der Waals surface area contributed by atoms with Crippen molar-refractivity contribution in [1.29, 1.82) is 0 Å². The number of hydrogen-bond acceptors (Lipinski definition) is 8. The average Bonchev–Trinajstić information content (AvgIpc) is 3.06. The Morgan fingerprint density at radius 1 is 1.08 bits per heavy atom. The summed E-state index contributed by atoms with van der Waals surface area (Å²) >= 11 is 1.51. The highest BCUT2D eigenvalue weighted by molar-refractivity contribution is 7.16. The smallest absolute Gasteiger partial charge is 0.251 e. The van der Waals surface area contributed by atoms with Crippen LogP contribution < -0.4 is 15.1 Å². The number of nitrogens with zero attached hydrogens (tertiary/aromatic N) is 6. The lowest BCUT2D eigenvalue weighted by Gasteiger charge is -2.16. The Kier molecular flexibility index (Phi) is 4.75. The molecule has 2 heterocycles. The van der Waals surface area contributed by atoms with Crippen LogP contribution in [0.3, 0.4) is 0 Å². The third kappa shape index (κ3) is 3.82. The minimum absolute atomic E-state index is 0.173. The predicted molar refractivity (Wildman–Crippen MR) is 99.3 cm³/mol. The molecule has 0 saturated heterocycles. The molecule has 130 valence electrons. The Morgan fingerprint density at radius 2 is 1.76 bits per heavy atom. The van der Waals surface area contributed by atoms with E-state index in [0.29, 0.717) is 23.3 Å². The maximum Gasteiger partial charge on any atom is 0.251 e. The second kappa shape index (κ2) is 6.98. The first-order chi connectivity index (χ1) is 11.9. The molecule has 2 aromatic heterocycles. The fourth-order valence-electron chi connectivity index (χ4n) is 2.13. The van der Waals surface area contributed by atoms with E-state index in [-0.39, 0.29) is 12.5 Å². The monoisotopic (exact) mass is 357 g/mol. The van der Waals surface area contributed by atoms with Gasteiger partial charge in [0.25, 0.3) is 5.91 Å². The van der Waals surface area contributed by atoms with Gasteiger partial charge < -0.3 is 15.1 Å². The number of nitrogens with one attached hydrogen (secondary N) is 1. The van der Waals surface area contributed by atoms with E-state index in [0.717, 1.165) is 10.2 Å². The van der Waals surface area contributed by atoms with E-state index in [1.165, 1.54) is 11.3 Å². The molecule has 3 rings (SSSR count). The molecule has 0 aliphatic rings. The van der Waals surface area contributed by atoms with Crippen molar-refractivity contribution < 1.29 is 4.79 Å². The van der Waals surface area contributed by atoms with Gasteiger partial charge in [0.1, 0.15) is 0 Å². The first kappa shape index (κ1) is 17.0. The van der Waals surface area contributed by atoms with Crippen molar-refractivity contribution >= 4 is 39.4 Å². The van der Waals surface area contributed by atoms with Crippen molar-refractivity contribution in [2.75, 3.05) is 38.0 Å². The van der Waals surface area contributed by atoms with Crippen LogP contribution in [0.4, 0.5) is 11.9 Å². The number of carbonyl (C=O) groups is 1. The van der Waals surface area contributed by atoms with Crippen molar-refractivity contribution in [1.82, 2.24) is 25.3 Å². The Morgan fingerprint density at radius 3 is 2.40 bits per heavy atom. The second-order valence-electron chi connectivity index (χ2n) is 5.86. The lowest BCUT2D eigenvalue weighted by Crippen LogP contribution is -2.26. The normalized spacial score (nSPS) is 10.7. The number of aromatic nitrogens is 4. The van der Waals surface area contributed by atoms with E-state index in [4.69, 9.17) is 0 Å². The number of benzene rings is 1. The van der Waals surface area contributed by atoms with Gasteiger partial charge in [0.2, 0.25) is 11.9 Å². The molecule has 0 atom stereocenters. The summed E-state index contributed by atoms with van der Waals surface area (Å²) in [5.74, 6) is 1.44. The quantitative estimate of drug-likeness (QED) is 0.741. The Bertz CT molecular complexity index is 880. The highest BCUT2D eigenvalue weighted by Crippen LogP contribution is 2.19. The zero-order chi connectivity index (χ0) is 18.0. The lowest BCUT2D eigenvalue weighted by atomic mass is 10.2. The van der Waals surface area contributed by atoms with Gasteiger partial charge in [-0.15, -0.1) is 11.3 Å². The molecule has 0 aliphatic heterocycles. The molecule has 0 aliphatic carbocycles. The number of thiazole rings is 1. The van der Waals surface area contributed by atoms with E-state index < -0.39 is 0 Å². The molecule has 0 radical (unpaired) electrons. The van der Waals surface area contributed by atoms with Gasteiger partial charge in [-0.25, -0.2) is 4.98 Å². The van der Waals surface area contributed by atoms with Crippen LogP contribution in [0.2, 0.25) is 0 Å². The molecular weight excluding hydrogens is 338 g/mol. The minimum atomic E-state index is -0.173. The number of carbonyl (C=O) groups excluding carboxylic acids is 1. The molecule has 1 N–H and O–H groups in total. The van der Waals surface area contributed by atoms with Gasteiger partial charge in [-0.05, 0) is 18.2 Å². The molecule has 25 heavy (non-hydrogen) atoms. The number of fused-ring (bicyclic) bond motifs is 1. The molecule has 9 heteroatoms. The molecule has 0 fully saturated rings. The summed E-state index contributed by atoms with van der Waals surface area (Å²) in [7, 11) is 7.45. The summed E-state index contributed by atoms with van der Waals surface area (Å²) in [5.41, 5.74) is 3.25. The maximum atomic E-state index is 12.4. The summed E-state index contributed by atoms with van der Waals surface area (Å²) in [6, 6.07) is 5.45. The number of anilines is 2. The minimum Gasteiger partial charge on any atom is -0.347 e. The van der Waals surface area contributed by atoms with Gasteiger partial charge in [0.15, 0.2) is 5.82 Å². The van der Waals surface area contributed by atoms with Crippen LogP contribution in [0.5, 0.6) is 0 Å². The van der Waals surface area contributed by atoms with Crippen molar-refractivity contribution in [3.63, 3.8) is 0 Å². The van der Waals surface area contributed by atoms with Crippen molar-refractivity contribution in [2.24, 2.45) is 0 Å². The zero-order valence-corrected chi connectivity index (χ0v) is 15.3. The fourth-order valence-corrected chi connectivity index (χ4v) is 2.85. The van der Waals surface area contributed by atoms with Crippen molar-refractivity contribution in [2.45, 2.75) is 6.54 Å². The summed E-state index contributed by atoms with van der Waals surface area (Å²) in [6.45, 7) is 0.226. The van der Waals surface area contributed by atoms with E-state index in [1.807, 2.05) is 40.3 Å². The highest BCUT2D eigenvalue weighted by Gasteiger charge is 2.12. The van der Waals surface area contributed by atoms with Gasteiger partial charge in [-0.2, -0.15) is 15.0 Å². The number of hydrogen-bond donors (Lipinski definition) is 1. The van der Waals surface area contributed by atoms with Crippen molar-refractivity contribution in [3.8, 4) is 0 Å². The number of amides is 1. The standard InChI is InChI=1S/C16H19N7OS/c1-22(2)15-19-13(20-16(21-15)23(3)4)8-17-14(24)10-5-6-11-12(7-10)25-9-18-11/h5-7,9H,8H2,1-4H3,(H,17,24). The van der Waals surface area contributed by atoms with Gasteiger partial charge in [-0.3, -0.25) is 4.79 Å². The van der Waals surface area contributed by atoms with Gasteiger partial charge >= 0.3 is 0 Å². The SMILES string of the molecule is CN(C)c1nc(CNC(=O)c2ccc3ncsc3c2)nc(N(C)C)n1. The summed E-state index contributed by atoms with van der Waals surface area (Å²) in [6.07, 6.45) is 0. The first-order valence-corrected chi connectivity index (χ1v) is 8.53. The summed E-state index contributed by atoms with van der Waals surface area (Å²) < 4.78 is 0.984. The molecule has 1 amide bonds. The highest BCUT2D eigenvalue weighted by atomic mass is 32.1. The van der Waals surface area contributed by atoms with Crippen LogP contribution in [-0.2, 0) is 6.54 Å². The van der Waals surface area contributed by atoms with Crippen LogP contribution in [0.1, 0.15) is 16.2 Å². The van der Waals surface area contributed by atoms with Crippen molar-refractivity contribution in [3.05, 3.63) is 35.1 Å². The predicted octanol–water partition coefficient (Wildman–Crippen LogP) is 1.54. The Labute approximate surface area is 149 Å². The Hall–Kier alpha value is -2.81. The third-order valence-electron chi connectivity index (χ3n) is 3.46. The molecule has 8 nitrogen and oxygen atoms in total. The fraction of sp³-hybridized carbons (Fsp3) is 0.312. The molecule has 0 spiro atoms. The Balaban J connectivity index is 1.76. The first-order valence-electron chi connectivity index (χ1n) is 7.65. The van der Waals surface area contributed by atoms with Crippen LogP contribution in [0.15, 0.2) is 23.7 Å². The van der Waals surface area contributed by atoms with Crippen LogP contribution in [-0.4, -0.2) is 54.0 Å². The molecule has 0 saturated carbocycles. The average molecular weight is 357 g/mol. The maximum absolute atomic E-state index is 12.4. The zero-order valence-electron chi connectivity index (χ0n) is 14.5.